The summed E-state index contributed by atoms with van der Waals surface area (Å²) in [5.74, 6) is -0.297. The molecule has 10 nitrogen and oxygen atoms in total. The maximum Gasteiger partial charge on any atom is 0.255 e. The fourth-order valence-electron chi connectivity index (χ4n) is 4.19. The second-order valence-corrected chi connectivity index (χ2v) is 10.0. The van der Waals surface area contributed by atoms with Crippen molar-refractivity contribution in [3.8, 4) is 0 Å². The monoisotopic (exact) mass is 533 g/mol. The number of carbonyl (C=O) groups excluding carboxylic acids is 3. The number of carbonyl (C=O) groups is 3. The Kier molecular flexibility index (Phi) is 10.3. The summed E-state index contributed by atoms with van der Waals surface area (Å²) in [6.07, 6.45) is 6.95. The molecule has 6 N–H and O–H groups in total. The lowest BCUT2D eigenvalue weighted by atomic mass is 10.0. The Labute approximate surface area is 230 Å². The van der Waals surface area contributed by atoms with Crippen LogP contribution < -0.4 is 22.1 Å². The van der Waals surface area contributed by atoms with E-state index in [1.807, 2.05) is 38.7 Å². The van der Waals surface area contributed by atoms with E-state index in [9.17, 15) is 14.4 Å². The number of nitrogens with one attached hydrogen (secondary N) is 2. The fraction of sp³-hybridized carbons (Fsp3) is 0.414. The van der Waals surface area contributed by atoms with Gasteiger partial charge in [-0.1, -0.05) is 33.8 Å². The predicted molar refractivity (Wildman–Crippen MR) is 154 cm³/mol. The van der Waals surface area contributed by atoms with Crippen molar-refractivity contribution in [1.29, 1.82) is 0 Å². The molecule has 1 atom stereocenters. The average molecular weight is 534 g/mol. The van der Waals surface area contributed by atoms with E-state index in [0.717, 1.165) is 24.0 Å². The van der Waals surface area contributed by atoms with Gasteiger partial charge in [0.1, 0.15) is 5.84 Å². The molecule has 1 aliphatic rings. The first kappa shape index (κ1) is 29.5. The summed E-state index contributed by atoms with van der Waals surface area (Å²) in [5, 5.41) is 5.63. The van der Waals surface area contributed by atoms with Gasteiger partial charge in [-0.3, -0.25) is 19.4 Å². The number of nitrogens with two attached hydrogens (primary N) is 2. The van der Waals surface area contributed by atoms with Crippen LogP contribution in [0.4, 0.5) is 11.4 Å². The van der Waals surface area contributed by atoms with Gasteiger partial charge >= 0.3 is 0 Å². The first-order valence-electron chi connectivity index (χ1n) is 13.4. The van der Waals surface area contributed by atoms with Crippen molar-refractivity contribution >= 4 is 41.0 Å². The molecule has 0 fully saturated rings. The molecule has 3 rings (SSSR count). The number of pyridine rings is 1. The lowest BCUT2D eigenvalue weighted by Crippen LogP contribution is -2.43. The fourth-order valence-corrected chi connectivity index (χ4v) is 4.19. The zero-order valence-electron chi connectivity index (χ0n) is 23.2. The van der Waals surface area contributed by atoms with E-state index in [2.05, 4.69) is 20.6 Å². The topological polar surface area (TPSA) is 156 Å². The van der Waals surface area contributed by atoms with Gasteiger partial charge in [-0.05, 0) is 48.6 Å². The standard InChI is InChI=1S/C29H39N7O3/c1-5-9-36(10-6-2)29(39)22-12-20-7-8-21(13-24(20)35-25(30)14-22)27(37)34-23-11-19(15-32-17-23)16-33-28(38)26(31)18(3)4/h7-8,11-13,15,17-18,26H,5-6,9-10,14,16,31H2,1-4H3,(H2,30,35)(H,33,38)(H,34,37). The number of rotatable bonds is 11. The SMILES string of the molecule is CCCN(CCC)C(=O)C1=Cc2ccc(C(=O)Nc3cncc(CNC(=O)C(N)C(C)C)c3)cc2N=C(N)C1. The molecule has 2 aromatic rings. The van der Waals surface area contributed by atoms with Crippen LogP contribution in [0, 0.1) is 5.92 Å². The average Bonchev–Trinajstić information content (AvgIpc) is 3.08. The van der Waals surface area contributed by atoms with Crippen LogP contribution in [-0.2, 0) is 16.1 Å². The number of aliphatic imine (C=N–C) groups is 1. The van der Waals surface area contributed by atoms with Gasteiger partial charge in [-0.25, -0.2) is 4.99 Å². The molecule has 1 aliphatic heterocycles. The van der Waals surface area contributed by atoms with Crippen LogP contribution in [0.25, 0.3) is 6.08 Å². The first-order valence-corrected chi connectivity index (χ1v) is 13.4. The Morgan fingerprint density at radius 1 is 1.08 bits per heavy atom. The predicted octanol–water partition coefficient (Wildman–Crippen LogP) is 3.36. The van der Waals surface area contributed by atoms with Crippen LogP contribution in [0.15, 0.2) is 47.2 Å². The second kappa shape index (κ2) is 13.7. The Morgan fingerprint density at radius 3 is 2.46 bits per heavy atom. The van der Waals surface area contributed by atoms with Crippen molar-refractivity contribution in [2.24, 2.45) is 22.4 Å². The van der Waals surface area contributed by atoms with Gasteiger partial charge < -0.3 is 27.0 Å². The number of fused-ring (bicyclic) bond motifs is 1. The summed E-state index contributed by atoms with van der Waals surface area (Å²) in [6.45, 7) is 9.46. The molecule has 0 saturated carbocycles. The summed E-state index contributed by atoms with van der Waals surface area (Å²) in [6, 6.07) is 6.25. The molecule has 0 aliphatic carbocycles. The van der Waals surface area contributed by atoms with Crippen molar-refractivity contribution in [2.45, 2.75) is 59.5 Å². The number of benzene rings is 1. The van der Waals surface area contributed by atoms with Crippen molar-refractivity contribution in [3.63, 3.8) is 0 Å². The smallest absolute Gasteiger partial charge is 0.255 e. The van der Waals surface area contributed by atoms with E-state index in [1.165, 1.54) is 6.20 Å². The van der Waals surface area contributed by atoms with E-state index in [-0.39, 0.29) is 36.6 Å². The lowest BCUT2D eigenvalue weighted by Gasteiger charge is -2.22. The van der Waals surface area contributed by atoms with Gasteiger partial charge in [-0.15, -0.1) is 0 Å². The zero-order chi connectivity index (χ0) is 28.5. The minimum absolute atomic E-state index is 0.0220. The minimum Gasteiger partial charge on any atom is -0.387 e. The van der Waals surface area contributed by atoms with E-state index < -0.39 is 6.04 Å². The number of anilines is 1. The van der Waals surface area contributed by atoms with Crippen LogP contribution in [0.2, 0.25) is 0 Å². The summed E-state index contributed by atoms with van der Waals surface area (Å²) < 4.78 is 0. The van der Waals surface area contributed by atoms with Gasteiger partial charge in [0.25, 0.3) is 5.91 Å². The highest BCUT2D eigenvalue weighted by Gasteiger charge is 2.22. The highest BCUT2D eigenvalue weighted by atomic mass is 16.2. The second-order valence-electron chi connectivity index (χ2n) is 10.0. The molecule has 10 heteroatoms. The Balaban J connectivity index is 1.75. The van der Waals surface area contributed by atoms with Crippen molar-refractivity contribution in [3.05, 3.63) is 58.9 Å². The quantitative estimate of drug-likeness (QED) is 0.347. The third-order valence-corrected chi connectivity index (χ3v) is 6.35. The van der Waals surface area contributed by atoms with E-state index >= 15 is 0 Å². The van der Waals surface area contributed by atoms with Crippen LogP contribution in [0.5, 0.6) is 0 Å². The highest BCUT2D eigenvalue weighted by molar-refractivity contribution is 6.07. The van der Waals surface area contributed by atoms with Gasteiger partial charge in [-0.2, -0.15) is 0 Å². The summed E-state index contributed by atoms with van der Waals surface area (Å²) in [4.78, 5) is 48.9. The van der Waals surface area contributed by atoms with E-state index in [1.54, 1.807) is 30.5 Å². The van der Waals surface area contributed by atoms with E-state index in [4.69, 9.17) is 11.5 Å². The summed E-state index contributed by atoms with van der Waals surface area (Å²) in [5.41, 5.74) is 15.5. The summed E-state index contributed by atoms with van der Waals surface area (Å²) >= 11 is 0. The number of hydrogen-bond donors (Lipinski definition) is 4. The van der Waals surface area contributed by atoms with Gasteiger partial charge in [0.15, 0.2) is 0 Å². The molecule has 39 heavy (non-hydrogen) atoms. The lowest BCUT2D eigenvalue weighted by molar-refractivity contribution is -0.127. The Morgan fingerprint density at radius 2 is 1.79 bits per heavy atom. The molecule has 2 heterocycles. The summed E-state index contributed by atoms with van der Waals surface area (Å²) in [7, 11) is 0. The minimum atomic E-state index is -0.596. The Hall–Kier alpha value is -4.05. The first-order chi connectivity index (χ1) is 18.6. The van der Waals surface area contributed by atoms with E-state index in [0.29, 0.717) is 41.4 Å². The molecular formula is C29H39N7O3. The van der Waals surface area contributed by atoms with Gasteiger partial charge in [0.05, 0.1) is 23.6 Å². The zero-order valence-corrected chi connectivity index (χ0v) is 23.2. The van der Waals surface area contributed by atoms with Crippen LogP contribution in [0.1, 0.15) is 68.4 Å². The van der Waals surface area contributed by atoms with Crippen molar-refractivity contribution < 1.29 is 14.4 Å². The number of nitrogens with zero attached hydrogens (tertiary/aromatic N) is 3. The number of amides is 3. The van der Waals surface area contributed by atoms with Crippen LogP contribution >= 0.6 is 0 Å². The van der Waals surface area contributed by atoms with Crippen LogP contribution in [-0.4, -0.2) is 52.6 Å². The molecule has 1 aromatic carbocycles. The molecule has 3 amide bonds. The van der Waals surface area contributed by atoms with Crippen molar-refractivity contribution in [2.75, 3.05) is 18.4 Å². The third-order valence-electron chi connectivity index (χ3n) is 6.35. The molecule has 0 spiro atoms. The molecule has 1 unspecified atom stereocenters. The Bertz CT molecular complexity index is 1260. The molecule has 0 bridgehead atoms. The number of amidine groups is 1. The normalized spacial score (nSPS) is 13.5. The maximum atomic E-state index is 13.2. The van der Waals surface area contributed by atoms with Gasteiger partial charge in [0, 0.05) is 49.0 Å². The van der Waals surface area contributed by atoms with Gasteiger partial charge in [0.2, 0.25) is 11.8 Å². The van der Waals surface area contributed by atoms with Crippen LogP contribution in [0.3, 0.4) is 0 Å². The van der Waals surface area contributed by atoms with Crippen molar-refractivity contribution in [1.82, 2.24) is 15.2 Å². The number of hydrogen-bond acceptors (Lipinski definition) is 7. The molecule has 0 radical (unpaired) electrons. The number of aromatic nitrogens is 1. The maximum absolute atomic E-state index is 13.2. The molecule has 208 valence electrons. The largest absolute Gasteiger partial charge is 0.387 e. The highest BCUT2D eigenvalue weighted by Crippen LogP contribution is 2.29. The molecule has 1 aromatic heterocycles. The molecule has 0 saturated heterocycles. The molecular weight excluding hydrogens is 494 g/mol. The third kappa shape index (κ3) is 7.97.